The normalized spacial score (nSPS) is 12.4. The van der Waals surface area contributed by atoms with E-state index in [2.05, 4.69) is 13.2 Å². The van der Waals surface area contributed by atoms with Gasteiger partial charge in [0.15, 0.2) is 11.6 Å². The SMILES string of the molecule is C=C.NCC(=O)C(OC(C(=O)CN)c1ccccc1)c1ccccc1. The Morgan fingerprint density at radius 3 is 1.36 bits per heavy atom. The van der Waals surface area contributed by atoms with Crippen molar-refractivity contribution in [3.8, 4) is 0 Å². The Morgan fingerprint density at radius 1 is 0.760 bits per heavy atom. The summed E-state index contributed by atoms with van der Waals surface area (Å²) in [6.45, 7) is 5.66. The fourth-order valence-electron chi connectivity index (χ4n) is 2.29. The van der Waals surface area contributed by atoms with Crippen LogP contribution < -0.4 is 11.5 Å². The van der Waals surface area contributed by atoms with Crippen LogP contribution in [0.25, 0.3) is 0 Å². The van der Waals surface area contributed by atoms with E-state index in [1.54, 1.807) is 48.5 Å². The highest BCUT2D eigenvalue weighted by molar-refractivity contribution is 5.88. The number of benzene rings is 2. The van der Waals surface area contributed by atoms with Crippen LogP contribution in [-0.2, 0) is 14.3 Å². The van der Waals surface area contributed by atoms with E-state index in [0.29, 0.717) is 11.1 Å². The van der Waals surface area contributed by atoms with Crippen molar-refractivity contribution < 1.29 is 14.3 Å². The number of hydrogen-bond donors (Lipinski definition) is 2. The first kappa shape index (κ1) is 20.4. The van der Waals surface area contributed by atoms with Crippen molar-refractivity contribution in [2.45, 2.75) is 12.2 Å². The van der Waals surface area contributed by atoms with E-state index in [1.165, 1.54) is 0 Å². The molecule has 2 rings (SSSR count). The Balaban J connectivity index is 0.00000151. The zero-order chi connectivity index (χ0) is 18.7. The molecule has 0 heterocycles. The van der Waals surface area contributed by atoms with Crippen LogP contribution in [0.15, 0.2) is 73.8 Å². The molecule has 0 radical (unpaired) electrons. The molecule has 0 saturated heterocycles. The average Bonchev–Trinajstić information content (AvgIpc) is 2.70. The summed E-state index contributed by atoms with van der Waals surface area (Å²) < 4.78 is 5.87. The third kappa shape index (κ3) is 5.76. The van der Waals surface area contributed by atoms with Gasteiger partial charge in [-0.2, -0.15) is 0 Å². The number of carbonyl (C=O) groups excluding carboxylic acids is 2. The summed E-state index contributed by atoms with van der Waals surface area (Å²) >= 11 is 0. The van der Waals surface area contributed by atoms with Crippen LogP contribution in [0, 0.1) is 0 Å². The molecule has 0 spiro atoms. The summed E-state index contributed by atoms with van der Waals surface area (Å²) in [5, 5.41) is 0. The molecule has 2 unspecified atom stereocenters. The lowest BCUT2D eigenvalue weighted by Crippen LogP contribution is -2.30. The second kappa shape index (κ2) is 11.0. The third-order valence-electron chi connectivity index (χ3n) is 3.46. The Bertz CT molecular complexity index is 602. The Labute approximate surface area is 148 Å². The largest absolute Gasteiger partial charge is 0.350 e. The molecule has 0 fully saturated rings. The first-order valence-electron chi connectivity index (χ1n) is 7.88. The molecule has 2 atom stereocenters. The van der Waals surface area contributed by atoms with Gasteiger partial charge in [-0.15, -0.1) is 13.2 Å². The lowest BCUT2D eigenvalue weighted by molar-refractivity contribution is -0.143. The average molecular weight is 340 g/mol. The fraction of sp³-hybridized carbons (Fsp3) is 0.200. The zero-order valence-corrected chi connectivity index (χ0v) is 14.1. The van der Waals surface area contributed by atoms with Crippen LogP contribution in [0.2, 0.25) is 0 Å². The summed E-state index contributed by atoms with van der Waals surface area (Å²) in [6.07, 6.45) is -1.80. The quantitative estimate of drug-likeness (QED) is 0.719. The second-order valence-electron chi connectivity index (χ2n) is 5.06. The highest BCUT2D eigenvalue weighted by Gasteiger charge is 2.28. The van der Waals surface area contributed by atoms with Crippen molar-refractivity contribution in [2.75, 3.05) is 13.1 Å². The number of rotatable bonds is 8. The van der Waals surface area contributed by atoms with Crippen LogP contribution in [0.3, 0.4) is 0 Å². The summed E-state index contributed by atoms with van der Waals surface area (Å²) in [5.41, 5.74) is 12.3. The summed E-state index contributed by atoms with van der Waals surface area (Å²) in [6, 6.07) is 18.0. The number of ketones is 2. The Kier molecular flexibility index (Phi) is 9.03. The van der Waals surface area contributed by atoms with Gasteiger partial charge in [-0.05, 0) is 11.1 Å². The van der Waals surface area contributed by atoms with Crippen LogP contribution >= 0.6 is 0 Å². The predicted molar refractivity (Wildman–Crippen MR) is 98.8 cm³/mol. The number of carbonyl (C=O) groups is 2. The van der Waals surface area contributed by atoms with Crippen molar-refractivity contribution >= 4 is 11.6 Å². The summed E-state index contributed by atoms with van der Waals surface area (Å²) in [5.74, 6) is -0.580. The molecule has 2 aromatic rings. The molecule has 2 aromatic carbocycles. The molecule has 0 saturated carbocycles. The molecule has 0 bridgehead atoms. The highest BCUT2D eigenvalue weighted by Crippen LogP contribution is 2.28. The Morgan fingerprint density at radius 2 is 1.08 bits per heavy atom. The third-order valence-corrected chi connectivity index (χ3v) is 3.46. The molecular weight excluding hydrogens is 316 g/mol. The first-order chi connectivity index (χ1) is 12.2. The minimum atomic E-state index is -0.901. The minimum Gasteiger partial charge on any atom is -0.350 e. The topological polar surface area (TPSA) is 95.4 Å². The van der Waals surface area contributed by atoms with Gasteiger partial charge in [0.1, 0.15) is 12.2 Å². The lowest BCUT2D eigenvalue weighted by Gasteiger charge is -2.23. The van der Waals surface area contributed by atoms with Crippen LogP contribution in [0.4, 0.5) is 0 Å². The van der Waals surface area contributed by atoms with E-state index in [9.17, 15) is 9.59 Å². The number of hydrogen-bond acceptors (Lipinski definition) is 5. The molecule has 25 heavy (non-hydrogen) atoms. The molecule has 132 valence electrons. The van der Waals surface area contributed by atoms with Crippen molar-refractivity contribution in [2.24, 2.45) is 11.5 Å². The van der Waals surface area contributed by atoms with Crippen molar-refractivity contribution in [1.82, 2.24) is 0 Å². The van der Waals surface area contributed by atoms with E-state index in [1.807, 2.05) is 12.1 Å². The Hall–Kier alpha value is -2.60. The smallest absolute Gasteiger partial charge is 0.179 e. The number of Topliss-reactive ketones (excluding diaryl/α,β-unsaturated/α-hetero) is 2. The lowest BCUT2D eigenvalue weighted by atomic mass is 10.0. The summed E-state index contributed by atoms with van der Waals surface area (Å²) in [7, 11) is 0. The van der Waals surface area contributed by atoms with E-state index in [-0.39, 0.29) is 24.7 Å². The molecule has 5 nitrogen and oxygen atoms in total. The summed E-state index contributed by atoms with van der Waals surface area (Å²) in [4.78, 5) is 24.4. The van der Waals surface area contributed by atoms with Crippen molar-refractivity contribution in [3.05, 3.63) is 84.9 Å². The van der Waals surface area contributed by atoms with Gasteiger partial charge in [-0.25, -0.2) is 0 Å². The standard InChI is InChI=1S/C18H20N2O3.C2H4/c19-11-15(21)17(13-7-3-1-4-8-13)23-18(16(22)12-20)14-9-5-2-6-10-14;1-2/h1-10,17-18H,11-12,19-20H2;1-2H2. The van der Waals surface area contributed by atoms with E-state index < -0.39 is 12.2 Å². The molecule has 0 aliphatic carbocycles. The van der Waals surface area contributed by atoms with Crippen LogP contribution in [-0.4, -0.2) is 24.7 Å². The first-order valence-corrected chi connectivity index (χ1v) is 7.88. The van der Waals surface area contributed by atoms with Crippen molar-refractivity contribution in [1.29, 1.82) is 0 Å². The van der Waals surface area contributed by atoms with Gasteiger partial charge < -0.3 is 16.2 Å². The van der Waals surface area contributed by atoms with Gasteiger partial charge in [0.2, 0.25) is 0 Å². The predicted octanol–water partition coefficient (Wildman–Crippen LogP) is 2.34. The van der Waals surface area contributed by atoms with Gasteiger partial charge in [-0.1, -0.05) is 60.7 Å². The van der Waals surface area contributed by atoms with E-state index in [0.717, 1.165) is 0 Å². The second-order valence-corrected chi connectivity index (χ2v) is 5.06. The molecule has 0 amide bonds. The molecule has 4 N–H and O–H groups in total. The minimum absolute atomic E-state index is 0.169. The maximum atomic E-state index is 12.2. The van der Waals surface area contributed by atoms with Crippen molar-refractivity contribution in [3.63, 3.8) is 0 Å². The highest BCUT2D eigenvalue weighted by atomic mass is 16.5. The van der Waals surface area contributed by atoms with E-state index in [4.69, 9.17) is 16.2 Å². The fourth-order valence-corrected chi connectivity index (χ4v) is 2.29. The van der Waals surface area contributed by atoms with Gasteiger partial charge in [0, 0.05) is 0 Å². The van der Waals surface area contributed by atoms with Crippen LogP contribution in [0.1, 0.15) is 23.3 Å². The van der Waals surface area contributed by atoms with Gasteiger partial charge in [0.25, 0.3) is 0 Å². The number of ether oxygens (including phenoxy) is 1. The molecule has 0 aromatic heterocycles. The molecule has 5 heteroatoms. The molecular formula is C20H24N2O3. The molecule has 0 aliphatic heterocycles. The van der Waals surface area contributed by atoms with E-state index >= 15 is 0 Å². The van der Waals surface area contributed by atoms with Gasteiger partial charge in [-0.3, -0.25) is 9.59 Å². The maximum Gasteiger partial charge on any atom is 0.179 e. The number of nitrogens with two attached hydrogens (primary N) is 2. The van der Waals surface area contributed by atoms with Crippen LogP contribution in [0.5, 0.6) is 0 Å². The maximum absolute atomic E-state index is 12.2. The van der Waals surface area contributed by atoms with Gasteiger partial charge in [0.05, 0.1) is 13.1 Å². The zero-order valence-electron chi connectivity index (χ0n) is 14.1. The van der Waals surface area contributed by atoms with Gasteiger partial charge >= 0.3 is 0 Å². The monoisotopic (exact) mass is 340 g/mol. The molecule has 0 aliphatic rings.